The SMILES string of the molecule is Nc1ccc(NS(=O)(=O)Cc2ccc3c(c2)Cc2ccc(CS(=O)(=O)Nc4ccc(N)cc4)cc2-3)cc1. The number of nitrogens with one attached hydrogen (secondary N) is 2. The summed E-state index contributed by atoms with van der Waals surface area (Å²) in [5, 5.41) is 0. The lowest BCUT2D eigenvalue weighted by Crippen LogP contribution is -2.15. The van der Waals surface area contributed by atoms with E-state index < -0.39 is 20.0 Å². The van der Waals surface area contributed by atoms with Gasteiger partial charge in [0.1, 0.15) is 0 Å². The molecule has 0 radical (unpaired) electrons. The Morgan fingerprint density at radius 2 is 1.05 bits per heavy atom. The smallest absolute Gasteiger partial charge is 0.236 e. The summed E-state index contributed by atoms with van der Waals surface area (Å²) in [7, 11) is -7.23. The highest BCUT2D eigenvalue weighted by Crippen LogP contribution is 2.38. The highest BCUT2D eigenvalue weighted by Gasteiger charge is 2.22. The molecule has 0 spiro atoms. The molecule has 0 fully saturated rings. The van der Waals surface area contributed by atoms with Crippen LogP contribution in [0, 0.1) is 0 Å². The van der Waals surface area contributed by atoms with Crippen molar-refractivity contribution in [1.82, 2.24) is 0 Å². The molecule has 8 nitrogen and oxygen atoms in total. The monoisotopic (exact) mass is 534 g/mol. The van der Waals surface area contributed by atoms with Gasteiger partial charge in [0.15, 0.2) is 0 Å². The summed E-state index contributed by atoms with van der Waals surface area (Å²) in [6.45, 7) is 0. The number of hydrogen-bond acceptors (Lipinski definition) is 6. The first-order valence-electron chi connectivity index (χ1n) is 11.5. The van der Waals surface area contributed by atoms with E-state index >= 15 is 0 Å². The van der Waals surface area contributed by atoms with Crippen molar-refractivity contribution >= 4 is 42.8 Å². The summed E-state index contributed by atoms with van der Waals surface area (Å²) in [4.78, 5) is 0. The Morgan fingerprint density at radius 3 is 1.59 bits per heavy atom. The van der Waals surface area contributed by atoms with Gasteiger partial charge in [-0.1, -0.05) is 30.3 Å². The van der Waals surface area contributed by atoms with Gasteiger partial charge >= 0.3 is 0 Å². The van der Waals surface area contributed by atoms with Crippen LogP contribution in [0.25, 0.3) is 11.1 Å². The molecule has 1 aliphatic carbocycles. The fraction of sp³-hybridized carbons (Fsp3) is 0.111. The van der Waals surface area contributed by atoms with E-state index in [1.807, 2.05) is 30.3 Å². The minimum absolute atomic E-state index is 0.165. The normalized spacial score (nSPS) is 12.5. The van der Waals surface area contributed by atoms with Crippen molar-refractivity contribution in [3.8, 4) is 11.1 Å². The van der Waals surface area contributed by atoms with Crippen molar-refractivity contribution in [2.45, 2.75) is 17.9 Å². The summed E-state index contributed by atoms with van der Waals surface area (Å²) in [6, 6.07) is 24.3. The third-order valence-corrected chi connectivity index (χ3v) is 8.62. The van der Waals surface area contributed by atoms with Gasteiger partial charge in [0.05, 0.1) is 11.5 Å². The van der Waals surface area contributed by atoms with E-state index in [0.29, 0.717) is 40.3 Å². The Bertz CT molecular complexity index is 1680. The van der Waals surface area contributed by atoms with Crippen molar-refractivity contribution in [2.75, 3.05) is 20.9 Å². The fourth-order valence-corrected chi connectivity index (χ4v) is 6.81. The number of fused-ring (bicyclic) bond motifs is 3. The number of hydrogen-bond donors (Lipinski definition) is 4. The van der Waals surface area contributed by atoms with Crippen molar-refractivity contribution < 1.29 is 16.8 Å². The van der Waals surface area contributed by atoms with Gasteiger partial charge in [-0.15, -0.1) is 0 Å². The standard InChI is InChI=1S/C27H26N4O4S2/c28-22-4-8-24(9-5-22)30-36(32,33)16-18-2-12-26-21(13-18)15-20-3-1-19(14-27(20)26)17-37(34,35)31-25-10-6-23(29)7-11-25/h1-14,30-31H,15-17,28-29H2. The average Bonchev–Trinajstić information content (AvgIpc) is 3.18. The van der Waals surface area contributed by atoms with Crippen LogP contribution in [0.3, 0.4) is 0 Å². The molecular formula is C27H26N4O4S2. The van der Waals surface area contributed by atoms with Crippen molar-refractivity contribution in [1.29, 1.82) is 0 Å². The Kier molecular flexibility index (Phi) is 6.30. The summed E-state index contributed by atoms with van der Waals surface area (Å²) < 4.78 is 56.0. The van der Waals surface area contributed by atoms with Gasteiger partial charge in [-0.3, -0.25) is 9.44 Å². The first-order valence-corrected chi connectivity index (χ1v) is 14.8. The maximum absolute atomic E-state index is 12.7. The molecule has 0 amide bonds. The first kappa shape index (κ1) is 24.7. The van der Waals surface area contributed by atoms with Crippen LogP contribution >= 0.6 is 0 Å². The van der Waals surface area contributed by atoms with Gasteiger partial charge in [-0.2, -0.15) is 0 Å². The Hall–Kier alpha value is -4.02. The van der Waals surface area contributed by atoms with Crippen LogP contribution < -0.4 is 20.9 Å². The lowest BCUT2D eigenvalue weighted by molar-refractivity contribution is 0.598. The average molecular weight is 535 g/mol. The molecule has 1 aliphatic rings. The van der Waals surface area contributed by atoms with Crippen LogP contribution in [0.1, 0.15) is 22.3 Å². The summed E-state index contributed by atoms with van der Waals surface area (Å²) >= 11 is 0. The van der Waals surface area contributed by atoms with Gasteiger partial charge in [0.25, 0.3) is 0 Å². The maximum Gasteiger partial charge on any atom is 0.236 e. The molecule has 37 heavy (non-hydrogen) atoms. The van der Waals surface area contributed by atoms with Gasteiger partial charge in [-0.25, -0.2) is 16.8 Å². The van der Waals surface area contributed by atoms with E-state index in [-0.39, 0.29) is 11.5 Å². The Morgan fingerprint density at radius 1 is 0.568 bits per heavy atom. The zero-order valence-electron chi connectivity index (χ0n) is 19.8. The Labute approximate surface area is 216 Å². The van der Waals surface area contributed by atoms with Crippen molar-refractivity contribution in [2.24, 2.45) is 0 Å². The maximum atomic E-state index is 12.7. The number of anilines is 4. The molecule has 4 aromatic rings. The molecule has 10 heteroatoms. The molecule has 0 saturated heterocycles. The number of benzene rings is 4. The number of rotatable bonds is 8. The molecule has 0 aromatic heterocycles. The highest BCUT2D eigenvalue weighted by atomic mass is 32.2. The quantitative estimate of drug-likeness (QED) is 0.218. The molecule has 0 unspecified atom stereocenters. The lowest BCUT2D eigenvalue weighted by Gasteiger charge is -2.11. The van der Waals surface area contributed by atoms with Crippen LogP contribution in [0.15, 0.2) is 84.9 Å². The van der Waals surface area contributed by atoms with Gasteiger partial charge in [0.2, 0.25) is 20.0 Å². The molecule has 0 atom stereocenters. The minimum Gasteiger partial charge on any atom is -0.399 e. The second-order valence-electron chi connectivity index (χ2n) is 9.13. The van der Waals surface area contributed by atoms with Crippen LogP contribution in [-0.2, 0) is 38.0 Å². The highest BCUT2D eigenvalue weighted by molar-refractivity contribution is 7.92. The van der Waals surface area contributed by atoms with Gasteiger partial charge in [0, 0.05) is 22.7 Å². The van der Waals surface area contributed by atoms with Crippen LogP contribution in [0.2, 0.25) is 0 Å². The van der Waals surface area contributed by atoms with Crippen LogP contribution in [0.5, 0.6) is 0 Å². The Balaban J connectivity index is 1.31. The fourth-order valence-electron chi connectivity index (χ4n) is 4.44. The zero-order chi connectivity index (χ0) is 26.2. The topological polar surface area (TPSA) is 144 Å². The van der Waals surface area contributed by atoms with E-state index in [1.165, 1.54) is 0 Å². The van der Waals surface area contributed by atoms with Gasteiger partial charge in [-0.05, 0) is 94.4 Å². The number of nitrogen functional groups attached to an aromatic ring is 2. The van der Waals surface area contributed by atoms with E-state index in [0.717, 1.165) is 22.3 Å². The third kappa shape index (κ3) is 5.87. The molecule has 0 bridgehead atoms. The van der Waals surface area contributed by atoms with Crippen molar-refractivity contribution in [3.63, 3.8) is 0 Å². The molecule has 0 saturated carbocycles. The van der Waals surface area contributed by atoms with E-state index in [4.69, 9.17) is 11.5 Å². The van der Waals surface area contributed by atoms with E-state index in [9.17, 15) is 16.8 Å². The lowest BCUT2D eigenvalue weighted by atomic mass is 10.0. The largest absolute Gasteiger partial charge is 0.399 e. The first-order chi connectivity index (χ1) is 17.6. The molecule has 5 rings (SSSR count). The molecular weight excluding hydrogens is 508 g/mol. The van der Waals surface area contributed by atoms with E-state index in [1.54, 1.807) is 54.6 Å². The van der Waals surface area contributed by atoms with Crippen molar-refractivity contribution in [3.05, 3.63) is 107 Å². The second kappa shape index (κ2) is 9.45. The molecule has 0 aliphatic heterocycles. The third-order valence-electron chi connectivity index (χ3n) is 6.10. The minimum atomic E-state index is -3.62. The summed E-state index contributed by atoms with van der Waals surface area (Å²) in [5.41, 5.74) is 18.7. The summed E-state index contributed by atoms with van der Waals surface area (Å²) in [6.07, 6.45) is 0.653. The predicted molar refractivity (Wildman–Crippen MR) is 149 cm³/mol. The van der Waals surface area contributed by atoms with Crippen LogP contribution in [-0.4, -0.2) is 16.8 Å². The summed E-state index contributed by atoms with van der Waals surface area (Å²) in [5.74, 6) is -0.339. The van der Waals surface area contributed by atoms with Gasteiger partial charge < -0.3 is 11.5 Å². The molecule has 190 valence electrons. The number of sulfonamides is 2. The zero-order valence-corrected chi connectivity index (χ0v) is 21.4. The molecule has 6 N–H and O–H groups in total. The second-order valence-corrected chi connectivity index (χ2v) is 12.6. The predicted octanol–water partition coefficient (Wildman–Crippen LogP) is 4.31. The molecule has 4 aromatic carbocycles. The van der Waals surface area contributed by atoms with E-state index in [2.05, 4.69) is 9.44 Å². The molecule has 0 heterocycles. The number of nitrogens with two attached hydrogens (primary N) is 2. The van der Waals surface area contributed by atoms with Crippen LogP contribution in [0.4, 0.5) is 22.7 Å².